The van der Waals surface area contributed by atoms with Crippen LogP contribution in [0.5, 0.6) is 0 Å². The Labute approximate surface area is 220 Å². The van der Waals surface area contributed by atoms with E-state index in [1.807, 2.05) is 49.6 Å². The van der Waals surface area contributed by atoms with Gasteiger partial charge in [0.1, 0.15) is 0 Å². The highest BCUT2D eigenvalue weighted by molar-refractivity contribution is 7.98. The van der Waals surface area contributed by atoms with Crippen molar-refractivity contribution in [3.63, 3.8) is 0 Å². The predicted molar refractivity (Wildman–Crippen MR) is 150 cm³/mol. The van der Waals surface area contributed by atoms with Crippen LogP contribution in [0, 0.1) is 18.8 Å². The lowest BCUT2D eigenvalue weighted by atomic mass is 9.83. The summed E-state index contributed by atoms with van der Waals surface area (Å²) in [4.78, 5) is 25.1. The van der Waals surface area contributed by atoms with Crippen molar-refractivity contribution in [2.24, 2.45) is 11.8 Å². The van der Waals surface area contributed by atoms with Crippen LogP contribution in [0.2, 0.25) is 0 Å². The van der Waals surface area contributed by atoms with Gasteiger partial charge in [-0.2, -0.15) is 11.8 Å². The van der Waals surface area contributed by atoms with Crippen molar-refractivity contribution in [2.45, 2.75) is 70.8 Å². The molecule has 1 fully saturated rings. The molecule has 0 saturated heterocycles. The quantitative estimate of drug-likeness (QED) is 0.358. The van der Waals surface area contributed by atoms with Gasteiger partial charge in [0.15, 0.2) is 6.04 Å². The van der Waals surface area contributed by atoms with E-state index in [1.165, 1.54) is 38.5 Å². The molecule has 2 atom stereocenters. The minimum absolute atomic E-state index is 0.164. The van der Waals surface area contributed by atoms with Crippen molar-refractivity contribution < 1.29 is 19.8 Å². The first kappa shape index (κ1) is 28.3. The first-order chi connectivity index (χ1) is 17.4. The van der Waals surface area contributed by atoms with Crippen LogP contribution in [0.1, 0.15) is 72.9 Å². The summed E-state index contributed by atoms with van der Waals surface area (Å²) in [7, 11) is 0. The highest BCUT2D eigenvalue weighted by atomic mass is 32.2. The smallest absolute Gasteiger partial charge is 0.538 e. The molecule has 196 valence electrons. The predicted octanol–water partition coefficient (Wildman–Crippen LogP) is 5.28. The summed E-state index contributed by atoms with van der Waals surface area (Å²) in [6, 6.07) is 13.0. The number of aliphatic hydroxyl groups is 1. The highest BCUT2D eigenvalue weighted by Crippen LogP contribution is 2.31. The van der Waals surface area contributed by atoms with Gasteiger partial charge < -0.3 is 15.5 Å². The minimum atomic E-state index is -0.812. The van der Waals surface area contributed by atoms with E-state index in [2.05, 4.69) is 11.4 Å². The molecule has 2 aromatic rings. The van der Waals surface area contributed by atoms with Gasteiger partial charge in [-0.15, -0.1) is 0 Å². The molecule has 0 spiro atoms. The van der Waals surface area contributed by atoms with Crippen LogP contribution in [0.25, 0.3) is 11.1 Å². The molecule has 0 bridgehead atoms. The molecular weight excluding hydrogens is 470 g/mol. The minimum Gasteiger partial charge on any atom is -0.563 e. The number of hydrogen-bond donors (Lipinski definition) is 2. The number of thioether (sulfide) groups is 1. The third kappa shape index (κ3) is 8.10. The Bertz CT molecular complexity index is 1000. The third-order valence-electron chi connectivity index (χ3n) is 7.49. The van der Waals surface area contributed by atoms with E-state index in [1.54, 1.807) is 11.8 Å². The lowest BCUT2D eigenvalue weighted by Crippen LogP contribution is -2.41. The average molecular weight is 513 g/mol. The number of nitrogens with one attached hydrogen (secondary N) is 1. The van der Waals surface area contributed by atoms with Crippen LogP contribution in [-0.2, 0) is 11.2 Å². The van der Waals surface area contributed by atoms with E-state index in [9.17, 15) is 14.7 Å². The molecule has 1 saturated carbocycles. The maximum Gasteiger partial charge on any atom is 0.538 e. The molecule has 0 aliphatic heterocycles. The number of carbonyl (C=O) groups excluding carboxylic acids is 2. The van der Waals surface area contributed by atoms with Crippen LogP contribution in [0.15, 0.2) is 42.5 Å². The number of amides is 1. The first-order valence-electron chi connectivity index (χ1n) is 13.3. The Morgan fingerprint density at radius 1 is 1.08 bits per heavy atom. The number of benzene rings is 2. The Balaban J connectivity index is 1.83. The van der Waals surface area contributed by atoms with Crippen LogP contribution >= 0.6 is 11.8 Å². The molecule has 6 heteroatoms. The van der Waals surface area contributed by atoms with Crippen LogP contribution in [-0.4, -0.2) is 46.7 Å². The van der Waals surface area contributed by atoms with Crippen molar-refractivity contribution >= 4 is 23.6 Å². The van der Waals surface area contributed by atoms with E-state index in [0.717, 1.165) is 41.0 Å². The van der Waals surface area contributed by atoms with E-state index in [-0.39, 0.29) is 18.4 Å². The summed E-state index contributed by atoms with van der Waals surface area (Å²) in [5.41, 5.74) is 4.47. The SMILES string of the molecule is CSCC[C@H](NC(=O)c1ccc(CC(CO)CCC2CCCCC2)cc1-c1ccccc1C)C(=O)[OH2+]. The van der Waals surface area contributed by atoms with Gasteiger partial charge in [-0.3, -0.25) is 4.79 Å². The Morgan fingerprint density at radius 2 is 1.83 bits per heavy atom. The fourth-order valence-corrected chi connectivity index (χ4v) is 5.76. The number of carbonyl (C=O) groups is 2. The maximum absolute atomic E-state index is 13.3. The summed E-state index contributed by atoms with van der Waals surface area (Å²) in [6.45, 7) is 2.19. The second-order valence-electron chi connectivity index (χ2n) is 10.2. The third-order valence-corrected chi connectivity index (χ3v) is 8.13. The molecule has 0 heterocycles. The number of aryl methyl sites for hydroxylation is 1. The van der Waals surface area contributed by atoms with Crippen molar-refractivity contribution in [1.29, 1.82) is 0 Å². The molecule has 0 radical (unpaired) electrons. The van der Waals surface area contributed by atoms with Crippen molar-refractivity contribution in [3.05, 3.63) is 59.2 Å². The topological polar surface area (TPSA) is 89.3 Å². The van der Waals surface area contributed by atoms with Gasteiger partial charge in [0, 0.05) is 17.0 Å². The Hall–Kier alpha value is -2.31. The normalized spacial score (nSPS) is 15.9. The monoisotopic (exact) mass is 512 g/mol. The number of rotatable bonds is 13. The second kappa shape index (κ2) is 14.4. The highest BCUT2D eigenvalue weighted by Gasteiger charge is 2.28. The lowest BCUT2D eigenvalue weighted by Gasteiger charge is -2.24. The van der Waals surface area contributed by atoms with Crippen molar-refractivity contribution in [1.82, 2.24) is 5.32 Å². The van der Waals surface area contributed by atoms with E-state index in [4.69, 9.17) is 5.11 Å². The average Bonchev–Trinajstić information content (AvgIpc) is 2.89. The van der Waals surface area contributed by atoms with Gasteiger partial charge in [-0.25, -0.2) is 0 Å². The molecule has 5 nitrogen and oxygen atoms in total. The summed E-state index contributed by atoms with van der Waals surface area (Å²) < 4.78 is 0. The summed E-state index contributed by atoms with van der Waals surface area (Å²) in [5, 5.41) is 20.5. The maximum atomic E-state index is 13.3. The lowest BCUT2D eigenvalue weighted by molar-refractivity contribution is -0.139. The van der Waals surface area contributed by atoms with Gasteiger partial charge in [0.2, 0.25) is 0 Å². The zero-order valence-corrected chi connectivity index (χ0v) is 22.5. The van der Waals surface area contributed by atoms with E-state index < -0.39 is 12.0 Å². The summed E-state index contributed by atoms with van der Waals surface area (Å²) >= 11 is 1.59. The summed E-state index contributed by atoms with van der Waals surface area (Å²) in [6.07, 6.45) is 12.0. The van der Waals surface area contributed by atoms with Gasteiger partial charge in [-0.05, 0) is 78.4 Å². The molecule has 2 aromatic carbocycles. The fraction of sp³-hybridized carbons (Fsp3) is 0.533. The van der Waals surface area contributed by atoms with Crippen LogP contribution in [0.4, 0.5) is 0 Å². The zero-order valence-electron chi connectivity index (χ0n) is 21.7. The van der Waals surface area contributed by atoms with Gasteiger partial charge in [-0.1, -0.05) is 74.9 Å². The Kier molecular flexibility index (Phi) is 11.3. The molecule has 4 N–H and O–H groups in total. The molecular formula is C30H42NO4S+. The molecule has 1 aliphatic carbocycles. The molecule has 1 aliphatic rings. The molecule has 1 amide bonds. The largest absolute Gasteiger partial charge is 0.563 e. The van der Waals surface area contributed by atoms with Crippen LogP contribution in [0.3, 0.4) is 0 Å². The van der Waals surface area contributed by atoms with E-state index in [0.29, 0.717) is 17.7 Å². The van der Waals surface area contributed by atoms with Gasteiger partial charge in [0.05, 0.1) is 0 Å². The summed E-state index contributed by atoms with van der Waals surface area (Å²) in [5.74, 6) is 0.592. The first-order valence-corrected chi connectivity index (χ1v) is 14.7. The second-order valence-corrected chi connectivity index (χ2v) is 11.2. The molecule has 0 aromatic heterocycles. The number of aliphatic hydroxyl groups excluding tert-OH is 1. The van der Waals surface area contributed by atoms with Crippen molar-refractivity contribution in [2.75, 3.05) is 18.6 Å². The Morgan fingerprint density at radius 3 is 2.50 bits per heavy atom. The van der Waals surface area contributed by atoms with E-state index >= 15 is 0 Å². The zero-order chi connectivity index (χ0) is 25.9. The van der Waals surface area contributed by atoms with Gasteiger partial charge in [0.25, 0.3) is 5.91 Å². The standard InChI is InChI=1S/C30H41NO4S/c1-21-8-6-7-11-25(21)27-19-23(18-24(20-32)13-12-22-9-4-3-5-10-22)14-15-26(27)29(33)31-28(30(34)35)16-17-36-2/h6-8,11,14-15,19,22,24,28,32H,3-5,9-10,12-13,16-18,20H2,1-2H3,(H,31,33)(H,34,35)/p+1/t24?,28-/m0/s1. The van der Waals surface area contributed by atoms with Crippen molar-refractivity contribution in [3.8, 4) is 11.1 Å². The molecule has 3 rings (SSSR count). The van der Waals surface area contributed by atoms with Gasteiger partial charge >= 0.3 is 5.97 Å². The van der Waals surface area contributed by atoms with Crippen LogP contribution < -0.4 is 5.32 Å². The number of hydrogen-bond acceptors (Lipinski definition) is 4. The molecule has 36 heavy (non-hydrogen) atoms. The molecule has 1 unspecified atom stereocenters. The fourth-order valence-electron chi connectivity index (χ4n) is 5.29.